The van der Waals surface area contributed by atoms with Crippen molar-refractivity contribution in [2.24, 2.45) is 0 Å². The topological polar surface area (TPSA) is 113 Å². The van der Waals surface area contributed by atoms with Gasteiger partial charge in [0.15, 0.2) is 5.65 Å². The molecule has 122 valence electrons. The molecule has 1 aliphatic carbocycles. The predicted molar refractivity (Wildman–Crippen MR) is 86.0 cm³/mol. The highest BCUT2D eigenvalue weighted by atomic mass is 32.2. The highest BCUT2D eigenvalue weighted by Gasteiger charge is 2.17. The average Bonchev–Trinajstić information content (AvgIpc) is 3.03. The summed E-state index contributed by atoms with van der Waals surface area (Å²) in [4.78, 5) is 38.8. The quantitative estimate of drug-likeness (QED) is 0.578. The fourth-order valence-electron chi connectivity index (χ4n) is 2.62. The van der Waals surface area contributed by atoms with E-state index >= 15 is 0 Å². The van der Waals surface area contributed by atoms with Crippen LogP contribution in [0.15, 0.2) is 17.7 Å². The van der Waals surface area contributed by atoms with Crippen LogP contribution in [0.1, 0.15) is 32.1 Å². The molecule has 1 fully saturated rings. The number of aromatic nitrogens is 4. The van der Waals surface area contributed by atoms with Gasteiger partial charge in [0.05, 0.1) is 12.1 Å². The van der Waals surface area contributed by atoms with Gasteiger partial charge in [0.2, 0.25) is 5.91 Å². The molecule has 2 aromatic rings. The standard InChI is InChI=1S/C14H18N6O2S/c21-10(20-14(22)19-9-4-2-1-3-5-9)6-23-13-11-12(16-7-15-11)17-8-18-13/h7-9H,1-6H2,(H,15,16,17,18)(H2,19,20,21,22). The van der Waals surface area contributed by atoms with Crippen LogP contribution < -0.4 is 10.6 Å². The molecule has 0 unspecified atom stereocenters. The number of hydrogen-bond acceptors (Lipinski definition) is 6. The zero-order valence-electron chi connectivity index (χ0n) is 12.5. The van der Waals surface area contributed by atoms with E-state index in [1.54, 1.807) is 0 Å². The Morgan fingerprint density at radius 2 is 2.04 bits per heavy atom. The lowest BCUT2D eigenvalue weighted by molar-refractivity contribution is -0.117. The van der Waals surface area contributed by atoms with Gasteiger partial charge in [-0.25, -0.2) is 19.7 Å². The van der Waals surface area contributed by atoms with Crippen molar-refractivity contribution in [2.45, 2.75) is 43.2 Å². The average molecular weight is 334 g/mol. The van der Waals surface area contributed by atoms with Gasteiger partial charge >= 0.3 is 6.03 Å². The molecular formula is C14H18N6O2S. The van der Waals surface area contributed by atoms with E-state index in [9.17, 15) is 9.59 Å². The number of aromatic amines is 1. The van der Waals surface area contributed by atoms with Crippen LogP contribution in [0.25, 0.3) is 11.2 Å². The summed E-state index contributed by atoms with van der Waals surface area (Å²) in [6, 6.07) is -0.243. The summed E-state index contributed by atoms with van der Waals surface area (Å²) in [7, 11) is 0. The minimum absolute atomic E-state index is 0.100. The van der Waals surface area contributed by atoms with Crippen molar-refractivity contribution in [1.29, 1.82) is 0 Å². The van der Waals surface area contributed by atoms with Crippen molar-refractivity contribution < 1.29 is 9.59 Å². The van der Waals surface area contributed by atoms with Crippen LogP contribution in [0.4, 0.5) is 4.79 Å². The SMILES string of the molecule is O=C(CSc1ncnc2nc[nH]c12)NC(=O)NC1CCCCC1. The summed E-state index contributed by atoms with van der Waals surface area (Å²) in [5.74, 6) is -0.252. The first kappa shape index (κ1) is 15.7. The first-order valence-electron chi connectivity index (χ1n) is 7.59. The van der Waals surface area contributed by atoms with Gasteiger partial charge in [-0.3, -0.25) is 10.1 Å². The first-order valence-corrected chi connectivity index (χ1v) is 8.58. The maximum Gasteiger partial charge on any atom is 0.321 e. The Hall–Kier alpha value is -2.16. The van der Waals surface area contributed by atoms with Crippen LogP contribution in [0.5, 0.6) is 0 Å². The molecule has 0 bridgehead atoms. The normalized spacial score (nSPS) is 15.5. The number of carbonyl (C=O) groups is 2. The molecule has 3 N–H and O–H groups in total. The van der Waals surface area contributed by atoms with Gasteiger partial charge in [-0.2, -0.15) is 0 Å². The summed E-state index contributed by atoms with van der Waals surface area (Å²) in [5.41, 5.74) is 1.25. The van der Waals surface area contributed by atoms with Gasteiger partial charge in [0, 0.05) is 6.04 Å². The van der Waals surface area contributed by atoms with E-state index in [-0.39, 0.29) is 17.7 Å². The molecule has 0 radical (unpaired) electrons. The lowest BCUT2D eigenvalue weighted by atomic mass is 9.96. The first-order chi connectivity index (χ1) is 11.2. The predicted octanol–water partition coefficient (Wildman–Crippen LogP) is 1.60. The fourth-order valence-corrected chi connectivity index (χ4v) is 3.37. The fraction of sp³-hybridized carbons (Fsp3) is 0.500. The van der Waals surface area contributed by atoms with Crippen LogP contribution in [0, 0.1) is 0 Å². The van der Waals surface area contributed by atoms with Crippen LogP contribution in [-0.2, 0) is 4.79 Å². The van der Waals surface area contributed by atoms with E-state index in [0.29, 0.717) is 16.2 Å². The molecule has 3 amide bonds. The highest BCUT2D eigenvalue weighted by Crippen LogP contribution is 2.21. The number of rotatable bonds is 4. The van der Waals surface area contributed by atoms with Crippen LogP contribution in [0.3, 0.4) is 0 Å². The van der Waals surface area contributed by atoms with E-state index in [0.717, 1.165) is 25.7 Å². The van der Waals surface area contributed by atoms with E-state index in [4.69, 9.17) is 0 Å². The summed E-state index contributed by atoms with van der Waals surface area (Å²) in [6.45, 7) is 0. The Kier molecular flexibility index (Phi) is 5.06. The molecule has 8 nitrogen and oxygen atoms in total. The highest BCUT2D eigenvalue weighted by molar-refractivity contribution is 8.00. The number of nitrogens with zero attached hydrogens (tertiary/aromatic N) is 3. The van der Waals surface area contributed by atoms with Gasteiger partial charge in [-0.05, 0) is 12.8 Å². The number of imidazole rings is 1. The van der Waals surface area contributed by atoms with E-state index in [1.807, 2.05) is 0 Å². The molecule has 0 spiro atoms. The molecule has 1 aliphatic rings. The Bertz CT molecular complexity index is 697. The molecule has 2 aromatic heterocycles. The number of fused-ring (bicyclic) bond motifs is 1. The third-order valence-corrected chi connectivity index (χ3v) is 4.71. The molecule has 0 atom stereocenters. The van der Waals surface area contributed by atoms with Gasteiger partial charge in [0.25, 0.3) is 0 Å². The Labute approximate surface area is 137 Å². The molecule has 0 aromatic carbocycles. The zero-order valence-corrected chi connectivity index (χ0v) is 13.4. The number of imide groups is 1. The van der Waals surface area contributed by atoms with Crippen molar-refractivity contribution in [3.8, 4) is 0 Å². The van der Waals surface area contributed by atoms with Gasteiger partial charge < -0.3 is 10.3 Å². The van der Waals surface area contributed by atoms with Crippen molar-refractivity contribution in [3.05, 3.63) is 12.7 Å². The lowest BCUT2D eigenvalue weighted by Crippen LogP contribution is -2.45. The molecule has 9 heteroatoms. The lowest BCUT2D eigenvalue weighted by Gasteiger charge is -2.22. The van der Waals surface area contributed by atoms with E-state index in [2.05, 4.69) is 30.6 Å². The summed E-state index contributed by atoms with van der Waals surface area (Å²) >= 11 is 1.24. The molecular weight excluding hydrogens is 316 g/mol. The van der Waals surface area contributed by atoms with E-state index in [1.165, 1.54) is 30.8 Å². The summed E-state index contributed by atoms with van der Waals surface area (Å²) in [6.07, 6.45) is 8.37. The Morgan fingerprint density at radius 3 is 2.87 bits per heavy atom. The third-order valence-electron chi connectivity index (χ3n) is 3.72. The van der Waals surface area contributed by atoms with Gasteiger partial charge in [0.1, 0.15) is 16.9 Å². The maximum atomic E-state index is 11.9. The molecule has 0 aliphatic heterocycles. The van der Waals surface area contributed by atoms with Gasteiger partial charge in [-0.15, -0.1) is 0 Å². The third kappa shape index (κ3) is 4.19. The molecule has 0 saturated heterocycles. The Morgan fingerprint density at radius 1 is 1.22 bits per heavy atom. The monoisotopic (exact) mass is 334 g/mol. The van der Waals surface area contributed by atoms with Crippen LogP contribution in [0.2, 0.25) is 0 Å². The van der Waals surface area contributed by atoms with Crippen LogP contribution in [-0.4, -0.2) is 43.7 Å². The molecule has 23 heavy (non-hydrogen) atoms. The second kappa shape index (κ2) is 7.40. The molecule has 3 rings (SSSR count). The minimum Gasteiger partial charge on any atom is -0.341 e. The smallest absolute Gasteiger partial charge is 0.321 e. The summed E-state index contributed by atoms with van der Waals surface area (Å²) < 4.78 is 0. The van der Waals surface area contributed by atoms with Crippen molar-refractivity contribution in [3.63, 3.8) is 0 Å². The van der Waals surface area contributed by atoms with Crippen LogP contribution >= 0.6 is 11.8 Å². The number of thioether (sulfide) groups is 1. The number of carbonyl (C=O) groups excluding carboxylic acids is 2. The van der Waals surface area contributed by atoms with Crippen molar-refractivity contribution in [2.75, 3.05) is 5.75 Å². The number of hydrogen-bond donors (Lipinski definition) is 3. The number of urea groups is 1. The zero-order chi connectivity index (χ0) is 16.1. The van der Waals surface area contributed by atoms with E-state index < -0.39 is 6.03 Å². The maximum absolute atomic E-state index is 11.9. The second-order valence-electron chi connectivity index (χ2n) is 5.43. The molecule has 1 saturated carbocycles. The minimum atomic E-state index is -0.420. The summed E-state index contributed by atoms with van der Waals surface area (Å²) in [5, 5.41) is 5.85. The van der Waals surface area contributed by atoms with Crippen molar-refractivity contribution in [1.82, 2.24) is 30.6 Å². The Balaban J connectivity index is 1.47. The number of nitrogens with one attached hydrogen (secondary N) is 3. The number of H-pyrrole nitrogens is 1. The number of amides is 3. The van der Waals surface area contributed by atoms with Gasteiger partial charge in [-0.1, -0.05) is 31.0 Å². The second-order valence-corrected chi connectivity index (χ2v) is 6.39. The largest absolute Gasteiger partial charge is 0.341 e. The van der Waals surface area contributed by atoms with Crippen molar-refractivity contribution >= 4 is 34.9 Å². The molecule has 2 heterocycles.